The summed E-state index contributed by atoms with van der Waals surface area (Å²) < 4.78 is 19.8. The SMILES string of the molecule is CCOC(=O)C(C(=O)OCC)C(C(=O)OCC)(C(=O)OCC)C(=O)c1ccccc1. The number of Topliss-reactive ketones (excluding diaryl/α,β-unsaturated/α-hetero) is 1. The molecule has 9 nitrogen and oxygen atoms in total. The smallest absolute Gasteiger partial charge is 0.333 e. The van der Waals surface area contributed by atoms with Gasteiger partial charge in [0.2, 0.25) is 0 Å². The average molecular weight is 422 g/mol. The van der Waals surface area contributed by atoms with Crippen molar-refractivity contribution in [2.75, 3.05) is 26.4 Å². The standard InChI is InChI=1S/C21H26O9/c1-5-27-17(23)15(18(24)28-6-2)21(19(25)29-7-3,20(26)30-8-4)16(22)14-12-10-9-11-13-14/h9-13,15H,5-8H2,1-4H3. The summed E-state index contributed by atoms with van der Waals surface area (Å²) in [4.78, 5) is 65.3. The first-order valence-electron chi connectivity index (χ1n) is 9.60. The Morgan fingerprint density at radius 2 is 1.10 bits per heavy atom. The first kappa shape index (κ1) is 24.8. The van der Waals surface area contributed by atoms with E-state index in [2.05, 4.69) is 0 Å². The maximum absolute atomic E-state index is 13.5. The molecule has 0 bridgehead atoms. The zero-order chi connectivity index (χ0) is 22.7. The van der Waals surface area contributed by atoms with Crippen molar-refractivity contribution in [1.29, 1.82) is 0 Å². The molecular weight excluding hydrogens is 396 g/mol. The molecule has 0 radical (unpaired) electrons. The lowest BCUT2D eigenvalue weighted by molar-refractivity contribution is -0.185. The van der Waals surface area contributed by atoms with Gasteiger partial charge in [0, 0.05) is 5.56 Å². The van der Waals surface area contributed by atoms with Crippen LogP contribution in [-0.4, -0.2) is 56.1 Å². The first-order valence-corrected chi connectivity index (χ1v) is 9.60. The summed E-state index contributed by atoms with van der Waals surface area (Å²) >= 11 is 0. The van der Waals surface area contributed by atoms with E-state index in [9.17, 15) is 24.0 Å². The quantitative estimate of drug-likeness (QED) is 0.227. The molecule has 1 rings (SSSR count). The Kier molecular flexibility index (Phi) is 9.67. The topological polar surface area (TPSA) is 122 Å². The molecule has 0 fully saturated rings. The van der Waals surface area contributed by atoms with Crippen molar-refractivity contribution in [1.82, 2.24) is 0 Å². The van der Waals surface area contributed by atoms with E-state index < -0.39 is 41.0 Å². The second-order valence-electron chi connectivity index (χ2n) is 5.88. The zero-order valence-electron chi connectivity index (χ0n) is 17.5. The van der Waals surface area contributed by atoms with Crippen molar-refractivity contribution in [2.24, 2.45) is 11.3 Å². The van der Waals surface area contributed by atoms with Crippen LogP contribution in [-0.2, 0) is 38.1 Å². The van der Waals surface area contributed by atoms with Gasteiger partial charge in [0.25, 0.3) is 5.41 Å². The fourth-order valence-corrected chi connectivity index (χ4v) is 2.84. The minimum atomic E-state index is -2.97. The lowest BCUT2D eigenvalue weighted by atomic mass is 9.69. The van der Waals surface area contributed by atoms with Crippen LogP contribution in [0.5, 0.6) is 0 Å². The number of hydrogen-bond donors (Lipinski definition) is 0. The molecule has 0 aliphatic rings. The van der Waals surface area contributed by atoms with E-state index in [-0.39, 0.29) is 32.0 Å². The monoisotopic (exact) mass is 422 g/mol. The molecule has 9 heteroatoms. The Hall–Kier alpha value is -3.23. The summed E-state index contributed by atoms with van der Waals surface area (Å²) in [6.07, 6.45) is 0. The number of rotatable bonds is 11. The zero-order valence-corrected chi connectivity index (χ0v) is 17.5. The second-order valence-corrected chi connectivity index (χ2v) is 5.88. The van der Waals surface area contributed by atoms with Crippen LogP contribution in [0.4, 0.5) is 0 Å². The number of carbonyl (C=O) groups is 5. The van der Waals surface area contributed by atoms with E-state index >= 15 is 0 Å². The Morgan fingerprint density at radius 3 is 1.47 bits per heavy atom. The van der Waals surface area contributed by atoms with Crippen LogP contribution in [0.3, 0.4) is 0 Å². The molecule has 164 valence electrons. The highest BCUT2D eigenvalue weighted by atomic mass is 16.6. The predicted molar refractivity (Wildman–Crippen MR) is 103 cm³/mol. The molecule has 0 aromatic heterocycles. The van der Waals surface area contributed by atoms with Crippen LogP contribution >= 0.6 is 0 Å². The van der Waals surface area contributed by atoms with Crippen molar-refractivity contribution in [3.05, 3.63) is 35.9 Å². The molecule has 0 saturated heterocycles. The highest BCUT2D eigenvalue weighted by Crippen LogP contribution is 2.38. The Morgan fingerprint density at radius 1 is 0.700 bits per heavy atom. The molecule has 1 aromatic rings. The summed E-state index contributed by atoms with van der Waals surface area (Å²) in [6, 6.07) is 7.28. The molecule has 0 aliphatic carbocycles. The molecule has 0 amide bonds. The van der Waals surface area contributed by atoms with Crippen molar-refractivity contribution < 1.29 is 42.9 Å². The number of benzene rings is 1. The fourth-order valence-electron chi connectivity index (χ4n) is 2.84. The van der Waals surface area contributed by atoms with Crippen LogP contribution in [0.15, 0.2) is 30.3 Å². The van der Waals surface area contributed by atoms with Gasteiger partial charge in [-0.15, -0.1) is 0 Å². The van der Waals surface area contributed by atoms with Crippen LogP contribution < -0.4 is 0 Å². The van der Waals surface area contributed by atoms with E-state index in [0.717, 1.165) is 0 Å². The van der Waals surface area contributed by atoms with Crippen molar-refractivity contribution in [3.63, 3.8) is 0 Å². The molecule has 0 heterocycles. The van der Waals surface area contributed by atoms with E-state index in [1.807, 2.05) is 0 Å². The van der Waals surface area contributed by atoms with Gasteiger partial charge in [-0.1, -0.05) is 30.3 Å². The summed E-state index contributed by atoms with van der Waals surface area (Å²) in [7, 11) is 0. The molecule has 0 atom stereocenters. The third-order valence-corrected chi connectivity index (χ3v) is 4.07. The van der Waals surface area contributed by atoms with Crippen LogP contribution in [0.2, 0.25) is 0 Å². The van der Waals surface area contributed by atoms with Crippen molar-refractivity contribution >= 4 is 29.7 Å². The molecule has 0 aliphatic heterocycles. The van der Waals surface area contributed by atoms with Gasteiger partial charge in [-0.25, -0.2) is 0 Å². The maximum atomic E-state index is 13.5. The van der Waals surface area contributed by atoms with Crippen LogP contribution in [0.25, 0.3) is 0 Å². The Balaban J connectivity index is 3.89. The number of ether oxygens (including phenoxy) is 4. The summed E-state index contributed by atoms with van der Waals surface area (Å²) in [5.74, 6) is -8.73. The third-order valence-electron chi connectivity index (χ3n) is 4.07. The Labute approximate surface area is 174 Å². The lowest BCUT2D eigenvalue weighted by Gasteiger charge is -2.32. The van der Waals surface area contributed by atoms with E-state index in [0.29, 0.717) is 0 Å². The molecular formula is C21H26O9. The van der Waals surface area contributed by atoms with Gasteiger partial charge in [0.05, 0.1) is 26.4 Å². The van der Waals surface area contributed by atoms with Crippen molar-refractivity contribution in [3.8, 4) is 0 Å². The predicted octanol–water partition coefficient (Wildman–Crippen LogP) is 1.72. The van der Waals surface area contributed by atoms with E-state index in [4.69, 9.17) is 18.9 Å². The number of carbonyl (C=O) groups excluding carboxylic acids is 5. The Bertz CT molecular complexity index is 734. The van der Waals surface area contributed by atoms with Crippen LogP contribution in [0, 0.1) is 11.3 Å². The molecule has 1 aromatic carbocycles. The largest absolute Gasteiger partial charge is 0.465 e. The van der Waals surface area contributed by atoms with E-state index in [1.165, 1.54) is 52.0 Å². The number of ketones is 1. The molecule has 0 unspecified atom stereocenters. The minimum absolute atomic E-state index is 0.0998. The summed E-state index contributed by atoms with van der Waals surface area (Å²) in [5.41, 5.74) is -3.07. The summed E-state index contributed by atoms with van der Waals surface area (Å²) in [6.45, 7) is 5.05. The van der Waals surface area contributed by atoms with Crippen molar-refractivity contribution in [2.45, 2.75) is 27.7 Å². The third kappa shape index (κ3) is 5.03. The normalized spacial score (nSPS) is 10.8. The molecule has 0 spiro atoms. The highest BCUT2D eigenvalue weighted by molar-refractivity contribution is 6.30. The summed E-state index contributed by atoms with van der Waals surface area (Å²) in [5, 5.41) is 0. The first-order chi connectivity index (χ1) is 14.3. The van der Waals surface area contributed by atoms with Gasteiger partial charge in [-0.2, -0.15) is 0 Å². The molecule has 0 N–H and O–H groups in total. The van der Waals surface area contributed by atoms with Crippen LogP contribution in [0.1, 0.15) is 38.1 Å². The van der Waals surface area contributed by atoms with Gasteiger partial charge >= 0.3 is 23.9 Å². The number of hydrogen-bond acceptors (Lipinski definition) is 9. The van der Waals surface area contributed by atoms with Gasteiger partial charge in [-0.05, 0) is 27.7 Å². The minimum Gasteiger partial charge on any atom is -0.465 e. The lowest BCUT2D eigenvalue weighted by Crippen LogP contribution is -2.59. The number of esters is 4. The van der Waals surface area contributed by atoms with Gasteiger partial charge in [-0.3, -0.25) is 24.0 Å². The average Bonchev–Trinajstić information content (AvgIpc) is 2.72. The fraction of sp³-hybridized carbons (Fsp3) is 0.476. The maximum Gasteiger partial charge on any atom is 0.333 e. The van der Waals surface area contributed by atoms with E-state index in [1.54, 1.807) is 6.07 Å². The second kappa shape index (κ2) is 11.7. The van der Waals surface area contributed by atoms with Gasteiger partial charge in [0.1, 0.15) is 0 Å². The molecule has 30 heavy (non-hydrogen) atoms. The molecule has 0 saturated carbocycles. The van der Waals surface area contributed by atoms with Gasteiger partial charge < -0.3 is 18.9 Å². The van der Waals surface area contributed by atoms with Gasteiger partial charge in [0.15, 0.2) is 11.7 Å². The highest BCUT2D eigenvalue weighted by Gasteiger charge is 2.67.